The van der Waals surface area contributed by atoms with Crippen molar-refractivity contribution in [2.45, 2.75) is 18.5 Å². The van der Waals surface area contributed by atoms with Gasteiger partial charge in [0.1, 0.15) is 10.7 Å². The van der Waals surface area contributed by atoms with E-state index in [-0.39, 0.29) is 4.91 Å². The van der Waals surface area contributed by atoms with Crippen LogP contribution in [0.1, 0.15) is 18.3 Å². The topological polar surface area (TPSA) is 97.3 Å². The summed E-state index contributed by atoms with van der Waals surface area (Å²) >= 11 is 0.972. The fourth-order valence-corrected chi connectivity index (χ4v) is 2.60. The van der Waals surface area contributed by atoms with Gasteiger partial charge >= 0.3 is 5.97 Å². The van der Waals surface area contributed by atoms with Crippen LogP contribution in [0.4, 0.5) is 0 Å². The molecule has 0 aliphatic rings. The number of rotatable bonds is 7. The smallest absolute Gasteiger partial charge is 0.342 e. The van der Waals surface area contributed by atoms with E-state index in [9.17, 15) is 9.90 Å². The van der Waals surface area contributed by atoms with E-state index in [0.29, 0.717) is 34.5 Å². The number of aryl methyl sites for hydroxylation is 1. The van der Waals surface area contributed by atoms with Crippen LogP contribution in [0.25, 0.3) is 6.08 Å². The zero-order valence-electron chi connectivity index (χ0n) is 13.0. The molecule has 0 aliphatic heterocycles. The minimum atomic E-state index is -1.07. The number of hydrogen-bond acceptors (Lipinski definition) is 6. The Morgan fingerprint density at radius 3 is 2.74 bits per heavy atom. The van der Waals surface area contributed by atoms with E-state index in [1.54, 1.807) is 18.2 Å². The largest absolute Gasteiger partial charge is 0.493 e. The fraction of sp³-hybridized carbons (Fsp3) is 0.267. The van der Waals surface area contributed by atoms with E-state index in [2.05, 4.69) is 15.2 Å². The molecule has 122 valence electrons. The number of carboxylic acids is 1. The second-order valence-corrected chi connectivity index (χ2v) is 5.43. The highest BCUT2D eigenvalue weighted by molar-refractivity contribution is 8.04. The van der Waals surface area contributed by atoms with Crippen molar-refractivity contribution in [3.8, 4) is 11.5 Å². The summed E-state index contributed by atoms with van der Waals surface area (Å²) in [5, 5.41) is 16.5. The van der Waals surface area contributed by atoms with E-state index in [1.807, 2.05) is 6.92 Å². The number of thioether (sulfide) groups is 1. The summed E-state index contributed by atoms with van der Waals surface area (Å²) in [4.78, 5) is 15.8. The number of nitrogens with one attached hydrogen (secondary N) is 1. The number of aromatic nitrogens is 3. The average molecular weight is 335 g/mol. The van der Waals surface area contributed by atoms with Gasteiger partial charge in [-0.25, -0.2) is 9.78 Å². The molecule has 0 spiro atoms. The molecule has 0 saturated carbocycles. The summed E-state index contributed by atoms with van der Waals surface area (Å²) in [6, 6.07) is 5.26. The van der Waals surface area contributed by atoms with Crippen molar-refractivity contribution in [2.75, 3.05) is 14.2 Å². The van der Waals surface area contributed by atoms with Crippen LogP contribution in [0, 0.1) is 0 Å². The lowest BCUT2D eigenvalue weighted by Crippen LogP contribution is -1.99. The number of ether oxygens (including phenoxy) is 2. The molecule has 0 amide bonds. The van der Waals surface area contributed by atoms with Crippen molar-refractivity contribution in [1.29, 1.82) is 0 Å². The van der Waals surface area contributed by atoms with Gasteiger partial charge in [0, 0.05) is 12.0 Å². The molecule has 2 N–H and O–H groups in total. The number of carboxylic acid groups (broad SMARTS) is 1. The first-order chi connectivity index (χ1) is 11.1. The molecule has 0 fully saturated rings. The van der Waals surface area contributed by atoms with Gasteiger partial charge in [0.15, 0.2) is 11.5 Å². The third kappa shape index (κ3) is 4.04. The number of H-pyrrole nitrogens is 1. The van der Waals surface area contributed by atoms with Gasteiger partial charge in [-0.2, -0.15) is 0 Å². The van der Waals surface area contributed by atoms with Crippen molar-refractivity contribution in [3.05, 3.63) is 34.5 Å². The van der Waals surface area contributed by atoms with Crippen LogP contribution in [0.3, 0.4) is 0 Å². The number of aliphatic carboxylic acids is 1. The molecule has 7 nitrogen and oxygen atoms in total. The molecule has 0 aliphatic carbocycles. The molecule has 1 heterocycles. The first kappa shape index (κ1) is 16.9. The van der Waals surface area contributed by atoms with E-state index < -0.39 is 5.97 Å². The number of benzene rings is 1. The van der Waals surface area contributed by atoms with Crippen molar-refractivity contribution in [1.82, 2.24) is 15.2 Å². The molecule has 2 aromatic rings. The van der Waals surface area contributed by atoms with Gasteiger partial charge in [0.05, 0.1) is 14.2 Å². The van der Waals surface area contributed by atoms with Gasteiger partial charge < -0.3 is 14.6 Å². The molecule has 0 atom stereocenters. The standard InChI is InChI=1S/C15H17N3O4S/c1-4-12-16-15(18-17-12)23-11(14(19)20)8-9-6-5-7-10(21-2)13(9)22-3/h5-8H,4H2,1-3H3,(H,19,20)(H,16,17,18)/b11-8-. The van der Waals surface area contributed by atoms with Gasteiger partial charge in [-0.15, -0.1) is 5.10 Å². The Bertz CT molecular complexity index is 727. The molecule has 0 unspecified atom stereocenters. The van der Waals surface area contributed by atoms with Gasteiger partial charge in [-0.1, -0.05) is 19.1 Å². The van der Waals surface area contributed by atoms with Crippen LogP contribution in [0.5, 0.6) is 11.5 Å². The highest BCUT2D eigenvalue weighted by Crippen LogP contribution is 2.34. The molecule has 23 heavy (non-hydrogen) atoms. The Labute approximate surface area is 137 Å². The number of para-hydroxylation sites is 1. The highest BCUT2D eigenvalue weighted by atomic mass is 32.2. The summed E-state index contributed by atoms with van der Waals surface area (Å²) in [5.41, 5.74) is 0.600. The van der Waals surface area contributed by atoms with Crippen molar-refractivity contribution in [2.24, 2.45) is 0 Å². The maximum Gasteiger partial charge on any atom is 0.342 e. The lowest BCUT2D eigenvalue weighted by atomic mass is 10.1. The van der Waals surface area contributed by atoms with E-state index in [4.69, 9.17) is 9.47 Å². The zero-order valence-corrected chi connectivity index (χ0v) is 13.8. The maximum absolute atomic E-state index is 11.5. The number of aromatic amines is 1. The van der Waals surface area contributed by atoms with Gasteiger partial charge in [0.2, 0.25) is 5.16 Å². The molecule has 1 aromatic carbocycles. The predicted molar refractivity (Wildman–Crippen MR) is 86.8 cm³/mol. The molecular formula is C15H17N3O4S. The van der Waals surface area contributed by atoms with E-state index in [1.165, 1.54) is 20.3 Å². The van der Waals surface area contributed by atoms with E-state index >= 15 is 0 Å². The van der Waals surface area contributed by atoms with Crippen LogP contribution in [-0.2, 0) is 11.2 Å². The third-order valence-corrected chi connectivity index (χ3v) is 3.86. The SMILES string of the molecule is CCc1nc(S/C(=C\c2cccc(OC)c2OC)C(=O)O)n[nH]1. The van der Waals surface area contributed by atoms with Gasteiger partial charge in [-0.05, 0) is 23.9 Å². The first-order valence-corrected chi connectivity index (χ1v) is 7.65. The van der Waals surface area contributed by atoms with Crippen LogP contribution >= 0.6 is 11.8 Å². The average Bonchev–Trinajstić information content (AvgIpc) is 3.01. The minimum Gasteiger partial charge on any atom is -0.493 e. The Balaban J connectivity index is 2.37. The van der Waals surface area contributed by atoms with Gasteiger partial charge in [0.25, 0.3) is 0 Å². The van der Waals surface area contributed by atoms with Gasteiger partial charge in [-0.3, -0.25) is 5.10 Å². The van der Waals surface area contributed by atoms with Crippen LogP contribution in [-0.4, -0.2) is 40.5 Å². The molecule has 0 bridgehead atoms. The lowest BCUT2D eigenvalue weighted by molar-refractivity contribution is -0.131. The number of methoxy groups -OCH3 is 2. The molecule has 0 saturated heterocycles. The van der Waals surface area contributed by atoms with Crippen molar-refractivity contribution < 1.29 is 19.4 Å². The fourth-order valence-electron chi connectivity index (χ4n) is 1.88. The summed E-state index contributed by atoms with van der Waals surface area (Å²) in [5.74, 6) is 0.639. The quantitative estimate of drug-likeness (QED) is 0.593. The van der Waals surface area contributed by atoms with E-state index in [0.717, 1.165) is 11.8 Å². The van der Waals surface area contributed by atoms with Crippen LogP contribution < -0.4 is 9.47 Å². The normalized spacial score (nSPS) is 11.3. The second-order valence-electron chi connectivity index (χ2n) is 4.42. The second kappa shape index (κ2) is 7.68. The predicted octanol–water partition coefficient (Wildman–Crippen LogP) is 2.60. The number of nitrogens with zero attached hydrogens (tertiary/aromatic N) is 2. The number of carbonyl (C=O) groups is 1. The third-order valence-electron chi connectivity index (χ3n) is 2.98. The monoisotopic (exact) mass is 335 g/mol. The molecule has 2 rings (SSSR count). The maximum atomic E-state index is 11.5. The summed E-state index contributed by atoms with van der Waals surface area (Å²) < 4.78 is 10.5. The Morgan fingerprint density at radius 1 is 1.39 bits per heavy atom. The first-order valence-electron chi connectivity index (χ1n) is 6.84. The van der Waals surface area contributed by atoms with Crippen molar-refractivity contribution >= 4 is 23.8 Å². The highest BCUT2D eigenvalue weighted by Gasteiger charge is 2.16. The summed E-state index contributed by atoms with van der Waals surface area (Å²) in [6.07, 6.45) is 2.21. The Kier molecular flexibility index (Phi) is 5.64. The summed E-state index contributed by atoms with van der Waals surface area (Å²) in [7, 11) is 3.03. The molecular weight excluding hydrogens is 318 g/mol. The Hall–Kier alpha value is -2.48. The molecule has 0 radical (unpaired) electrons. The number of hydrogen-bond donors (Lipinski definition) is 2. The zero-order chi connectivity index (χ0) is 16.8. The molecule has 1 aromatic heterocycles. The Morgan fingerprint density at radius 2 is 2.17 bits per heavy atom. The minimum absolute atomic E-state index is 0.0817. The molecule has 8 heteroatoms. The summed E-state index contributed by atoms with van der Waals surface area (Å²) in [6.45, 7) is 1.93. The van der Waals surface area contributed by atoms with Crippen molar-refractivity contribution in [3.63, 3.8) is 0 Å². The lowest BCUT2D eigenvalue weighted by Gasteiger charge is -2.10. The van der Waals surface area contributed by atoms with Crippen LogP contribution in [0.15, 0.2) is 28.3 Å². The van der Waals surface area contributed by atoms with Crippen LogP contribution in [0.2, 0.25) is 0 Å².